The molecule has 3 aliphatic rings. The third-order valence-electron chi connectivity index (χ3n) is 6.78. The monoisotopic (exact) mass is 535 g/mol. The predicted molar refractivity (Wildman–Crippen MR) is 137 cm³/mol. The molecule has 12 heteroatoms. The lowest BCUT2D eigenvalue weighted by Gasteiger charge is -2.30. The first-order chi connectivity index (χ1) is 16.9. The van der Waals surface area contributed by atoms with Crippen LogP contribution in [0.3, 0.4) is 0 Å². The van der Waals surface area contributed by atoms with Gasteiger partial charge in [-0.3, -0.25) is 15.0 Å². The molecule has 0 aliphatic carbocycles. The number of benzene rings is 1. The summed E-state index contributed by atoms with van der Waals surface area (Å²) in [7, 11) is 1.37. The summed E-state index contributed by atoms with van der Waals surface area (Å²) < 4.78 is 5.85. The number of nitrogens with one attached hydrogen (secondary N) is 1. The van der Waals surface area contributed by atoms with Crippen molar-refractivity contribution in [2.24, 2.45) is 0 Å². The van der Waals surface area contributed by atoms with Gasteiger partial charge in [0.2, 0.25) is 5.91 Å². The molecule has 35 heavy (non-hydrogen) atoms. The number of anilines is 2. The van der Waals surface area contributed by atoms with E-state index in [1.165, 1.54) is 18.4 Å². The van der Waals surface area contributed by atoms with Crippen molar-refractivity contribution < 1.29 is 19.1 Å². The first kappa shape index (κ1) is 24.2. The van der Waals surface area contributed by atoms with E-state index in [4.69, 9.17) is 16.3 Å². The molecule has 186 valence electrons. The molecule has 1 aromatic heterocycles. The molecule has 3 aliphatic heterocycles. The second-order valence-corrected chi connectivity index (χ2v) is 11.8. The zero-order valence-electron chi connectivity index (χ0n) is 19.3. The number of carbonyl (C=O) groups is 3. The summed E-state index contributed by atoms with van der Waals surface area (Å²) in [6.45, 7) is 3.20. The van der Waals surface area contributed by atoms with Gasteiger partial charge in [0.05, 0.1) is 17.5 Å². The van der Waals surface area contributed by atoms with Crippen LogP contribution in [0.5, 0.6) is 0 Å². The molecular weight excluding hydrogens is 510 g/mol. The Morgan fingerprint density at radius 2 is 2.06 bits per heavy atom. The largest absolute Gasteiger partial charge is 0.453 e. The van der Waals surface area contributed by atoms with Crippen molar-refractivity contribution in [3.05, 3.63) is 35.0 Å². The molecule has 1 aromatic carbocycles. The fourth-order valence-corrected chi connectivity index (χ4v) is 6.87. The normalized spacial score (nSPS) is 20.7. The second-order valence-electron chi connectivity index (χ2n) is 8.92. The van der Waals surface area contributed by atoms with Crippen molar-refractivity contribution in [3.8, 4) is 0 Å². The number of fused-ring (bicyclic) bond motifs is 2. The highest BCUT2D eigenvalue weighted by Crippen LogP contribution is 2.47. The lowest BCUT2D eigenvalue weighted by atomic mass is 9.81. The highest BCUT2D eigenvalue weighted by Gasteiger charge is 2.50. The van der Waals surface area contributed by atoms with E-state index in [0.29, 0.717) is 48.4 Å². The number of rotatable bonds is 5. The average Bonchev–Trinajstić information content (AvgIpc) is 3.51. The van der Waals surface area contributed by atoms with E-state index in [1.54, 1.807) is 33.8 Å². The predicted octanol–water partition coefficient (Wildman–Crippen LogP) is 4.27. The standard InChI is InChI=1S/C23H26ClN5O4S2/c1-33-22(32)28-9-6-23(13-28)14-29(17-4-3-15(24)11-16(17)23)21(31)26-20-25-12-19(35-20)34-10-5-18(30)27-7-2-8-27/h3-4,11-12H,2,5-10,13-14H2,1H3,(H,25,26,31). The maximum atomic E-state index is 13.3. The van der Waals surface area contributed by atoms with E-state index >= 15 is 0 Å². The molecule has 2 aromatic rings. The van der Waals surface area contributed by atoms with Crippen LogP contribution in [0.4, 0.5) is 20.4 Å². The summed E-state index contributed by atoms with van der Waals surface area (Å²) in [5, 5.41) is 4.01. The smallest absolute Gasteiger partial charge is 0.409 e. The fraction of sp³-hybridized carbons (Fsp3) is 0.478. The third-order valence-corrected chi connectivity index (χ3v) is 9.12. The molecule has 0 saturated carbocycles. The Morgan fingerprint density at radius 3 is 2.80 bits per heavy atom. The summed E-state index contributed by atoms with van der Waals surface area (Å²) in [5.41, 5.74) is 1.36. The summed E-state index contributed by atoms with van der Waals surface area (Å²) in [6.07, 6.45) is 3.67. The van der Waals surface area contributed by atoms with Gasteiger partial charge in [0, 0.05) is 61.0 Å². The van der Waals surface area contributed by atoms with Crippen molar-refractivity contribution >= 4 is 63.6 Å². The molecule has 4 heterocycles. The van der Waals surface area contributed by atoms with Crippen molar-refractivity contribution in [1.29, 1.82) is 0 Å². The van der Waals surface area contributed by atoms with Crippen LogP contribution in [0.15, 0.2) is 28.6 Å². The van der Waals surface area contributed by atoms with Gasteiger partial charge < -0.3 is 14.5 Å². The number of halogens is 1. The van der Waals surface area contributed by atoms with Crippen LogP contribution >= 0.6 is 34.7 Å². The number of hydrogen-bond donors (Lipinski definition) is 1. The lowest BCUT2D eigenvalue weighted by molar-refractivity contribution is -0.134. The van der Waals surface area contributed by atoms with Crippen molar-refractivity contribution in [1.82, 2.24) is 14.8 Å². The Morgan fingerprint density at radius 1 is 1.23 bits per heavy atom. The molecule has 1 N–H and O–H groups in total. The van der Waals surface area contributed by atoms with Gasteiger partial charge in [-0.1, -0.05) is 22.9 Å². The number of thiazole rings is 1. The average molecular weight is 536 g/mol. The number of amides is 4. The molecule has 4 amide bonds. The summed E-state index contributed by atoms with van der Waals surface area (Å²) >= 11 is 9.27. The van der Waals surface area contributed by atoms with Crippen LogP contribution in [0.1, 0.15) is 24.8 Å². The highest BCUT2D eigenvalue weighted by molar-refractivity contribution is 8.01. The van der Waals surface area contributed by atoms with Gasteiger partial charge in [-0.15, -0.1) is 11.8 Å². The SMILES string of the molecule is COC(=O)N1CCC2(C1)CN(C(=O)Nc1ncc(SCCC(=O)N3CCC3)s1)c1ccc(Cl)cc12. The minimum absolute atomic E-state index is 0.196. The minimum atomic E-state index is -0.390. The highest BCUT2D eigenvalue weighted by atomic mass is 35.5. The summed E-state index contributed by atoms with van der Waals surface area (Å²) in [4.78, 5) is 47.0. The van der Waals surface area contributed by atoms with Gasteiger partial charge in [0.1, 0.15) is 0 Å². The first-order valence-corrected chi connectivity index (χ1v) is 13.6. The Hall–Kier alpha value is -2.50. The number of ether oxygens (including phenoxy) is 1. The summed E-state index contributed by atoms with van der Waals surface area (Å²) in [5.74, 6) is 0.880. The van der Waals surface area contributed by atoms with Gasteiger partial charge in [-0.05, 0) is 36.6 Å². The van der Waals surface area contributed by atoms with Crippen molar-refractivity contribution in [2.75, 3.05) is 55.8 Å². The topological polar surface area (TPSA) is 95.1 Å². The van der Waals surface area contributed by atoms with E-state index in [9.17, 15) is 14.4 Å². The fourth-order valence-electron chi connectivity index (χ4n) is 4.83. The molecule has 0 bridgehead atoms. The summed E-state index contributed by atoms with van der Waals surface area (Å²) in [6, 6.07) is 5.24. The van der Waals surface area contributed by atoms with Crippen LogP contribution < -0.4 is 10.2 Å². The lowest BCUT2D eigenvalue weighted by Crippen LogP contribution is -2.42. The molecule has 5 rings (SSSR count). The van der Waals surface area contributed by atoms with Gasteiger partial charge in [0.15, 0.2) is 5.13 Å². The van der Waals surface area contributed by atoms with Crippen molar-refractivity contribution in [3.63, 3.8) is 0 Å². The molecule has 2 saturated heterocycles. The number of thioether (sulfide) groups is 1. The van der Waals surface area contributed by atoms with E-state index in [0.717, 1.165) is 35.0 Å². The molecule has 1 atom stereocenters. The van der Waals surface area contributed by atoms with Gasteiger partial charge in [0.25, 0.3) is 0 Å². The number of nitrogens with zero attached hydrogens (tertiary/aromatic N) is 4. The molecule has 0 radical (unpaired) electrons. The van der Waals surface area contributed by atoms with E-state index < -0.39 is 5.41 Å². The minimum Gasteiger partial charge on any atom is -0.453 e. The molecular formula is C23H26ClN5O4S2. The maximum Gasteiger partial charge on any atom is 0.409 e. The Labute approximate surface area is 216 Å². The quantitative estimate of drug-likeness (QED) is 0.574. The van der Waals surface area contributed by atoms with Gasteiger partial charge in [-0.25, -0.2) is 14.6 Å². The Balaban J connectivity index is 1.24. The van der Waals surface area contributed by atoms with E-state index in [1.807, 2.05) is 17.0 Å². The van der Waals surface area contributed by atoms with Gasteiger partial charge >= 0.3 is 12.1 Å². The number of methoxy groups -OCH3 is 1. The second kappa shape index (κ2) is 9.87. The van der Waals surface area contributed by atoms with Gasteiger partial charge in [-0.2, -0.15) is 0 Å². The van der Waals surface area contributed by atoms with E-state index in [2.05, 4.69) is 10.3 Å². The Bertz CT molecular complexity index is 1160. The number of urea groups is 1. The molecule has 1 unspecified atom stereocenters. The zero-order valence-corrected chi connectivity index (χ0v) is 21.7. The van der Waals surface area contributed by atoms with Crippen LogP contribution in [0.2, 0.25) is 5.02 Å². The third kappa shape index (κ3) is 4.81. The molecule has 9 nitrogen and oxygen atoms in total. The van der Waals surface area contributed by atoms with E-state index in [-0.39, 0.29) is 18.0 Å². The number of carbonyl (C=O) groups excluding carboxylic acids is 3. The number of aromatic nitrogens is 1. The zero-order chi connectivity index (χ0) is 24.6. The number of likely N-dealkylation sites (tertiary alicyclic amines) is 2. The number of hydrogen-bond acceptors (Lipinski definition) is 7. The Kier molecular flexibility index (Phi) is 6.82. The molecule has 1 spiro atoms. The van der Waals surface area contributed by atoms with Crippen LogP contribution in [0, 0.1) is 0 Å². The first-order valence-electron chi connectivity index (χ1n) is 11.5. The molecule has 2 fully saturated rings. The van der Waals surface area contributed by atoms with Crippen LogP contribution in [0.25, 0.3) is 0 Å². The van der Waals surface area contributed by atoms with Crippen LogP contribution in [-0.4, -0.2) is 78.4 Å². The maximum absolute atomic E-state index is 13.3. The van der Waals surface area contributed by atoms with Crippen LogP contribution in [-0.2, 0) is 14.9 Å². The van der Waals surface area contributed by atoms with Crippen molar-refractivity contribution in [2.45, 2.75) is 28.9 Å².